The van der Waals surface area contributed by atoms with E-state index in [2.05, 4.69) is 6.58 Å². The number of rotatable bonds is 3. The van der Waals surface area contributed by atoms with Crippen LogP contribution in [0.15, 0.2) is 29.7 Å². The highest BCUT2D eigenvalue weighted by Gasteiger charge is 1.98. The van der Waals surface area contributed by atoms with Crippen molar-refractivity contribution in [3.63, 3.8) is 0 Å². The molecule has 1 aromatic heterocycles. The van der Waals surface area contributed by atoms with Crippen LogP contribution in [0.3, 0.4) is 0 Å². The average molecular weight is 178 g/mol. The Morgan fingerprint density at radius 3 is 3.00 bits per heavy atom. The largest absolute Gasteiger partial charge is 0.397 e. The van der Waals surface area contributed by atoms with E-state index in [0.29, 0.717) is 12.2 Å². The minimum atomic E-state index is -0.00597. The van der Waals surface area contributed by atoms with Gasteiger partial charge in [0.15, 0.2) is 0 Å². The van der Waals surface area contributed by atoms with Crippen LogP contribution in [0, 0.1) is 6.92 Å². The van der Waals surface area contributed by atoms with Gasteiger partial charge < -0.3 is 10.3 Å². The molecule has 0 atom stereocenters. The number of nitrogen functional groups attached to an aromatic ring is 1. The summed E-state index contributed by atoms with van der Waals surface area (Å²) in [6.45, 7) is 6.07. The van der Waals surface area contributed by atoms with Crippen molar-refractivity contribution >= 4 is 5.69 Å². The lowest BCUT2D eigenvalue weighted by molar-refractivity contribution is 0.682. The number of aromatic nitrogens is 1. The Kier molecular flexibility index (Phi) is 2.90. The fraction of sp³-hybridized carbons (Fsp3) is 0.300. The minimum absolute atomic E-state index is 0.00597. The topological polar surface area (TPSA) is 48.0 Å². The molecule has 2 N–H and O–H groups in total. The second-order valence-corrected chi connectivity index (χ2v) is 3.02. The Labute approximate surface area is 77.5 Å². The van der Waals surface area contributed by atoms with Gasteiger partial charge in [-0.2, -0.15) is 0 Å². The first-order chi connectivity index (χ1) is 6.15. The molecular formula is C10H14N2O. The van der Waals surface area contributed by atoms with E-state index in [1.54, 1.807) is 22.9 Å². The Hall–Kier alpha value is -1.51. The number of anilines is 1. The number of nitrogens with zero attached hydrogens (tertiary/aromatic N) is 1. The van der Waals surface area contributed by atoms with E-state index in [1.807, 2.05) is 6.92 Å². The summed E-state index contributed by atoms with van der Waals surface area (Å²) in [7, 11) is 0. The summed E-state index contributed by atoms with van der Waals surface area (Å²) in [5.74, 6) is 0. The molecule has 13 heavy (non-hydrogen) atoms. The van der Waals surface area contributed by atoms with Gasteiger partial charge in [-0.1, -0.05) is 6.08 Å². The zero-order valence-corrected chi connectivity index (χ0v) is 7.79. The van der Waals surface area contributed by atoms with E-state index in [4.69, 9.17) is 5.73 Å². The van der Waals surface area contributed by atoms with Gasteiger partial charge in [0.05, 0.1) is 5.69 Å². The van der Waals surface area contributed by atoms with Crippen LogP contribution in [0.5, 0.6) is 0 Å². The number of pyridine rings is 1. The van der Waals surface area contributed by atoms with Crippen LogP contribution in [0.1, 0.15) is 12.0 Å². The molecule has 1 aromatic rings. The molecule has 0 radical (unpaired) electrons. The summed E-state index contributed by atoms with van der Waals surface area (Å²) in [5.41, 5.74) is 7.16. The van der Waals surface area contributed by atoms with Crippen LogP contribution in [0.25, 0.3) is 0 Å². The fourth-order valence-electron chi connectivity index (χ4n) is 1.09. The molecule has 0 aliphatic rings. The highest BCUT2D eigenvalue weighted by molar-refractivity contribution is 5.42. The van der Waals surface area contributed by atoms with Gasteiger partial charge in [0, 0.05) is 18.8 Å². The van der Waals surface area contributed by atoms with Crippen molar-refractivity contribution in [3.8, 4) is 0 Å². The predicted molar refractivity (Wildman–Crippen MR) is 54.7 cm³/mol. The number of nitrogens with two attached hydrogens (primary N) is 1. The molecule has 0 spiro atoms. The molecule has 0 bridgehead atoms. The SMILES string of the molecule is C=CCCn1cc(N)c(C)cc1=O. The van der Waals surface area contributed by atoms with Gasteiger partial charge >= 0.3 is 0 Å². The Morgan fingerprint density at radius 2 is 2.38 bits per heavy atom. The van der Waals surface area contributed by atoms with Crippen molar-refractivity contribution in [2.24, 2.45) is 0 Å². The molecule has 3 nitrogen and oxygen atoms in total. The third-order valence-electron chi connectivity index (χ3n) is 1.95. The van der Waals surface area contributed by atoms with Crippen LogP contribution >= 0.6 is 0 Å². The number of aryl methyl sites for hydroxylation is 2. The van der Waals surface area contributed by atoms with Crippen molar-refractivity contribution in [2.75, 3.05) is 5.73 Å². The molecule has 0 aromatic carbocycles. The van der Waals surface area contributed by atoms with E-state index >= 15 is 0 Å². The number of hydrogen-bond acceptors (Lipinski definition) is 2. The molecule has 70 valence electrons. The smallest absolute Gasteiger partial charge is 0.250 e. The first kappa shape index (κ1) is 9.58. The molecule has 0 aliphatic carbocycles. The van der Waals surface area contributed by atoms with Gasteiger partial charge in [-0.3, -0.25) is 4.79 Å². The summed E-state index contributed by atoms with van der Waals surface area (Å²) in [6, 6.07) is 1.55. The minimum Gasteiger partial charge on any atom is -0.397 e. The molecule has 0 saturated heterocycles. The molecule has 0 saturated carbocycles. The Balaban J connectivity index is 3.01. The average Bonchev–Trinajstić information content (AvgIpc) is 2.09. The predicted octanol–water partition coefficient (Wildman–Crippen LogP) is 1.32. The molecule has 0 fully saturated rings. The maximum Gasteiger partial charge on any atom is 0.250 e. The molecule has 3 heteroatoms. The molecule has 1 heterocycles. The van der Waals surface area contributed by atoms with Crippen LogP contribution < -0.4 is 11.3 Å². The Morgan fingerprint density at radius 1 is 1.69 bits per heavy atom. The second-order valence-electron chi connectivity index (χ2n) is 3.02. The third-order valence-corrected chi connectivity index (χ3v) is 1.95. The standard InChI is InChI=1S/C10H14N2O/c1-3-4-5-12-7-9(11)8(2)6-10(12)13/h3,6-7H,1,4-5,11H2,2H3. The quantitative estimate of drug-likeness (QED) is 0.709. The number of allylic oxidation sites excluding steroid dienone is 1. The molecule has 0 aliphatic heterocycles. The van der Waals surface area contributed by atoms with Crippen molar-refractivity contribution in [2.45, 2.75) is 19.9 Å². The van der Waals surface area contributed by atoms with Crippen molar-refractivity contribution in [1.82, 2.24) is 4.57 Å². The number of hydrogen-bond donors (Lipinski definition) is 1. The first-order valence-corrected chi connectivity index (χ1v) is 4.22. The molecule has 1 rings (SSSR count). The summed E-state index contributed by atoms with van der Waals surface area (Å²) in [4.78, 5) is 11.4. The van der Waals surface area contributed by atoms with E-state index in [-0.39, 0.29) is 5.56 Å². The lowest BCUT2D eigenvalue weighted by Gasteiger charge is -2.06. The van der Waals surface area contributed by atoms with Crippen LogP contribution in [0.4, 0.5) is 5.69 Å². The zero-order valence-electron chi connectivity index (χ0n) is 7.79. The van der Waals surface area contributed by atoms with Gasteiger partial charge in [0.25, 0.3) is 5.56 Å². The van der Waals surface area contributed by atoms with Crippen LogP contribution in [-0.2, 0) is 6.54 Å². The first-order valence-electron chi connectivity index (χ1n) is 4.22. The zero-order chi connectivity index (χ0) is 9.84. The molecule has 0 amide bonds. The van der Waals surface area contributed by atoms with Crippen LogP contribution in [0.2, 0.25) is 0 Å². The maximum atomic E-state index is 11.4. The van der Waals surface area contributed by atoms with Gasteiger partial charge in [-0.15, -0.1) is 6.58 Å². The molecular weight excluding hydrogens is 164 g/mol. The third kappa shape index (κ3) is 2.21. The fourth-order valence-corrected chi connectivity index (χ4v) is 1.09. The normalized spacial score (nSPS) is 9.92. The Bertz CT molecular complexity index is 366. The van der Waals surface area contributed by atoms with Gasteiger partial charge in [-0.25, -0.2) is 0 Å². The van der Waals surface area contributed by atoms with E-state index in [9.17, 15) is 4.79 Å². The van der Waals surface area contributed by atoms with Crippen molar-refractivity contribution in [3.05, 3.63) is 40.8 Å². The van der Waals surface area contributed by atoms with Gasteiger partial charge in [0.1, 0.15) is 0 Å². The lowest BCUT2D eigenvalue weighted by Crippen LogP contribution is -2.19. The van der Waals surface area contributed by atoms with E-state index < -0.39 is 0 Å². The molecule has 0 unspecified atom stereocenters. The van der Waals surface area contributed by atoms with Crippen molar-refractivity contribution in [1.29, 1.82) is 0 Å². The monoisotopic (exact) mass is 178 g/mol. The van der Waals surface area contributed by atoms with Crippen molar-refractivity contribution < 1.29 is 0 Å². The maximum absolute atomic E-state index is 11.4. The van der Waals surface area contributed by atoms with E-state index in [0.717, 1.165) is 12.0 Å². The highest BCUT2D eigenvalue weighted by atomic mass is 16.1. The lowest BCUT2D eigenvalue weighted by atomic mass is 10.2. The summed E-state index contributed by atoms with van der Waals surface area (Å²) in [5, 5.41) is 0. The summed E-state index contributed by atoms with van der Waals surface area (Å²) < 4.78 is 1.60. The van der Waals surface area contributed by atoms with Gasteiger partial charge in [0.2, 0.25) is 0 Å². The summed E-state index contributed by atoms with van der Waals surface area (Å²) >= 11 is 0. The van der Waals surface area contributed by atoms with Crippen LogP contribution in [-0.4, -0.2) is 4.57 Å². The van der Waals surface area contributed by atoms with Gasteiger partial charge in [-0.05, 0) is 18.9 Å². The highest BCUT2D eigenvalue weighted by Crippen LogP contribution is 2.05. The summed E-state index contributed by atoms with van der Waals surface area (Å²) in [6.07, 6.45) is 4.24. The van der Waals surface area contributed by atoms with E-state index in [1.165, 1.54) is 0 Å². The second kappa shape index (κ2) is 3.94.